The van der Waals surface area contributed by atoms with Crippen molar-refractivity contribution in [2.45, 2.75) is 39.3 Å². The van der Waals surface area contributed by atoms with Crippen molar-refractivity contribution in [3.63, 3.8) is 0 Å². The van der Waals surface area contributed by atoms with Crippen molar-refractivity contribution >= 4 is 6.09 Å². The Morgan fingerprint density at radius 3 is 2.56 bits per heavy atom. The summed E-state index contributed by atoms with van der Waals surface area (Å²) in [4.78, 5) is 11.5. The summed E-state index contributed by atoms with van der Waals surface area (Å²) in [5, 5.41) is 5.80. The Bertz CT molecular complexity index is 393. The van der Waals surface area contributed by atoms with Crippen molar-refractivity contribution in [1.29, 1.82) is 0 Å². The van der Waals surface area contributed by atoms with Crippen LogP contribution >= 0.6 is 0 Å². The molecule has 1 atom stereocenters. The number of carbonyl (C=O) groups is 1. The van der Waals surface area contributed by atoms with Crippen LogP contribution in [0.3, 0.4) is 0 Å². The molecule has 0 bridgehead atoms. The predicted octanol–water partition coefficient (Wildman–Crippen LogP) is 2.37. The molecule has 1 unspecified atom stereocenters. The van der Waals surface area contributed by atoms with Gasteiger partial charge in [0.1, 0.15) is 17.1 Å². The zero-order chi connectivity index (χ0) is 13.8. The van der Waals surface area contributed by atoms with E-state index in [-0.39, 0.29) is 6.04 Å². The Morgan fingerprint density at radius 1 is 1.44 bits per heavy atom. The number of hydrogen-bond acceptors (Lipinski definition) is 4. The van der Waals surface area contributed by atoms with E-state index in [4.69, 9.17) is 9.15 Å². The van der Waals surface area contributed by atoms with E-state index in [1.165, 1.54) is 0 Å². The summed E-state index contributed by atoms with van der Waals surface area (Å²) in [6, 6.07) is 3.73. The molecule has 0 aromatic carbocycles. The molecule has 5 nitrogen and oxygen atoms in total. The van der Waals surface area contributed by atoms with Crippen molar-refractivity contribution < 1.29 is 13.9 Å². The summed E-state index contributed by atoms with van der Waals surface area (Å²) in [5.41, 5.74) is -0.486. The minimum atomic E-state index is -0.486. The number of amides is 1. The van der Waals surface area contributed by atoms with Crippen LogP contribution in [0.15, 0.2) is 16.5 Å². The lowest BCUT2D eigenvalue weighted by molar-refractivity contribution is 0.0522. The molecule has 0 fully saturated rings. The molecule has 0 spiro atoms. The van der Waals surface area contributed by atoms with Gasteiger partial charge in [-0.15, -0.1) is 0 Å². The molecular weight excluding hydrogens is 232 g/mol. The molecule has 0 aliphatic rings. The molecule has 1 amide bonds. The van der Waals surface area contributed by atoms with Crippen molar-refractivity contribution in [3.8, 4) is 0 Å². The molecule has 0 aliphatic carbocycles. The molecular formula is C13H22N2O3. The number of nitrogens with one attached hydrogen (secondary N) is 2. The fourth-order valence-corrected chi connectivity index (χ4v) is 1.49. The lowest BCUT2D eigenvalue weighted by Crippen LogP contribution is -2.37. The van der Waals surface area contributed by atoms with Crippen molar-refractivity contribution in [3.05, 3.63) is 23.7 Å². The highest BCUT2D eigenvalue weighted by Gasteiger charge is 2.18. The van der Waals surface area contributed by atoms with Crippen LogP contribution in [0.4, 0.5) is 4.79 Å². The Kier molecular flexibility index (Phi) is 4.78. The molecule has 1 rings (SSSR count). The van der Waals surface area contributed by atoms with E-state index < -0.39 is 11.7 Å². The zero-order valence-corrected chi connectivity index (χ0v) is 11.7. The second-order valence-electron chi connectivity index (χ2n) is 5.17. The first-order chi connectivity index (χ1) is 8.31. The van der Waals surface area contributed by atoms with Crippen LogP contribution in [0.5, 0.6) is 0 Å². The number of alkyl carbamates (subject to hydrolysis) is 1. The molecule has 1 aromatic rings. The predicted molar refractivity (Wildman–Crippen MR) is 69.5 cm³/mol. The number of aryl methyl sites for hydroxylation is 1. The van der Waals surface area contributed by atoms with Gasteiger partial charge in [-0.1, -0.05) is 0 Å². The summed E-state index contributed by atoms with van der Waals surface area (Å²) in [7, 11) is 1.82. The van der Waals surface area contributed by atoms with Crippen LogP contribution in [0.25, 0.3) is 0 Å². The van der Waals surface area contributed by atoms with E-state index in [1.54, 1.807) is 0 Å². The highest BCUT2D eigenvalue weighted by molar-refractivity contribution is 5.67. The van der Waals surface area contributed by atoms with E-state index in [2.05, 4.69) is 10.6 Å². The number of carbonyl (C=O) groups excluding carboxylic acids is 1. The Morgan fingerprint density at radius 2 is 2.11 bits per heavy atom. The Labute approximate surface area is 108 Å². The van der Waals surface area contributed by atoms with Crippen LogP contribution in [0.1, 0.15) is 38.3 Å². The van der Waals surface area contributed by atoms with E-state index in [0.717, 1.165) is 11.5 Å². The van der Waals surface area contributed by atoms with Crippen LogP contribution in [-0.2, 0) is 4.74 Å². The van der Waals surface area contributed by atoms with Crippen LogP contribution in [0.2, 0.25) is 0 Å². The number of furan rings is 1. The molecule has 0 saturated carbocycles. The summed E-state index contributed by atoms with van der Waals surface area (Å²) in [6.07, 6.45) is -0.425. The van der Waals surface area contributed by atoms with Crippen LogP contribution in [-0.4, -0.2) is 25.3 Å². The maximum Gasteiger partial charge on any atom is 0.407 e. The normalized spacial score (nSPS) is 13.2. The molecule has 0 saturated heterocycles. The maximum atomic E-state index is 11.5. The first-order valence-electron chi connectivity index (χ1n) is 6.02. The van der Waals surface area contributed by atoms with Gasteiger partial charge in [0.2, 0.25) is 0 Å². The molecule has 2 N–H and O–H groups in total. The lowest BCUT2D eigenvalue weighted by Gasteiger charge is -2.21. The SMILES string of the molecule is CNC(CNC(=O)OC(C)(C)C)c1ccc(C)o1. The number of hydrogen-bond donors (Lipinski definition) is 2. The number of rotatable bonds is 4. The minimum Gasteiger partial charge on any atom is -0.465 e. The van der Waals surface area contributed by atoms with Crippen molar-refractivity contribution in [1.82, 2.24) is 10.6 Å². The van der Waals surface area contributed by atoms with Crippen molar-refractivity contribution in [2.24, 2.45) is 0 Å². The molecule has 18 heavy (non-hydrogen) atoms. The average Bonchev–Trinajstić information content (AvgIpc) is 2.63. The first kappa shape index (κ1) is 14.6. The monoisotopic (exact) mass is 254 g/mol. The van der Waals surface area contributed by atoms with E-state index in [0.29, 0.717) is 6.54 Å². The largest absolute Gasteiger partial charge is 0.465 e. The molecule has 1 aromatic heterocycles. The summed E-state index contributed by atoms with van der Waals surface area (Å²) in [6.45, 7) is 7.80. The van der Waals surface area contributed by atoms with E-state index >= 15 is 0 Å². The first-order valence-corrected chi connectivity index (χ1v) is 6.02. The van der Waals surface area contributed by atoms with Crippen LogP contribution < -0.4 is 10.6 Å². The lowest BCUT2D eigenvalue weighted by atomic mass is 10.2. The fourth-order valence-electron chi connectivity index (χ4n) is 1.49. The van der Waals surface area contributed by atoms with Gasteiger partial charge in [-0.2, -0.15) is 0 Å². The van der Waals surface area contributed by atoms with Gasteiger partial charge < -0.3 is 19.8 Å². The molecule has 1 heterocycles. The maximum absolute atomic E-state index is 11.5. The van der Waals surface area contributed by atoms with E-state index in [1.807, 2.05) is 46.9 Å². The Balaban J connectivity index is 2.48. The third-order valence-corrected chi connectivity index (χ3v) is 2.30. The highest BCUT2D eigenvalue weighted by Crippen LogP contribution is 2.15. The molecule has 102 valence electrons. The van der Waals surface area contributed by atoms with Gasteiger partial charge in [-0.3, -0.25) is 0 Å². The fraction of sp³-hybridized carbons (Fsp3) is 0.615. The zero-order valence-electron chi connectivity index (χ0n) is 11.7. The molecule has 0 aliphatic heterocycles. The molecule has 0 radical (unpaired) electrons. The summed E-state index contributed by atoms with van der Waals surface area (Å²) >= 11 is 0. The minimum absolute atomic E-state index is 0.0637. The van der Waals surface area contributed by atoms with Gasteiger partial charge in [0.15, 0.2) is 0 Å². The van der Waals surface area contributed by atoms with Crippen LogP contribution in [0, 0.1) is 6.92 Å². The number of likely N-dealkylation sites (N-methyl/N-ethyl adjacent to an activating group) is 1. The summed E-state index contributed by atoms with van der Waals surface area (Å²) in [5.74, 6) is 1.65. The second kappa shape index (κ2) is 5.91. The summed E-state index contributed by atoms with van der Waals surface area (Å²) < 4.78 is 10.7. The van der Waals surface area contributed by atoms with Gasteiger partial charge in [-0.05, 0) is 46.9 Å². The third kappa shape index (κ3) is 4.79. The topological polar surface area (TPSA) is 63.5 Å². The van der Waals surface area contributed by atoms with Gasteiger partial charge in [0.25, 0.3) is 0 Å². The number of ether oxygens (including phenoxy) is 1. The van der Waals surface area contributed by atoms with Crippen molar-refractivity contribution in [2.75, 3.05) is 13.6 Å². The van der Waals surface area contributed by atoms with Gasteiger partial charge >= 0.3 is 6.09 Å². The highest BCUT2D eigenvalue weighted by atomic mass is 16.6. The average molecular weight is 254 g/mol. The smallest absolute Gasteiger partial charge is 0.407 e. The Hall–Kier alpha value is -1.49. The molecule has 5 heteroatoms. The van der Waals surface area contributed by atoms with E-state index in [9.17, 15) is 4.79 Å². The van der Waals surface area contributed by atoms with Gasteiger partial charge in [-0.25, -0.2) is 4.79 Å². The third-order valence-electron chi connectivity index (χ3n) is 2.30. The second-order valence-corrected chi connectivity index (χ2v) is 5.17. The van der Waals surface area contributed by atoms with Gasteiger partial charge in [0, 0.05) is 6.54 Å². The quantitative estimate of drug-likeness (QED) is 0.866. The standard InChI is InChI=1S/C13H22N2O3/c1-9-6-7-11(17-9)10(14-5)8-15-12(16)18-13(2,3)4/h6-7,10,14H,8H2,1-5H3,(H,15,16). The van der Waals surface area contributed by atoms with Gasteiger partial charge in [0.05, 0.1) is 6.04 Å².